The lowest BCUT2D eigenvalue weighted by molar-refractivity contribution is 0.0597. The molecule has 1 aromatic carbocycles. The summed E-state index contributed by atoms with van der Waals surface area (Å²) in [7, 11) is 3.89. The summed E-state index contributed by atoms with van der Waals surface area (Å²) in [6.07, 6.45) is 0. The van der Waals surface area contributed by atoms with Crippen LogP contribution in [0, 0.1) is 6.92 Å². The minimum Gasteiger partial charge on any atom is -0.496 e. The van der Waals surface area contributed by atoms with Gasteiger partial charge in [0.15, 0.2) is 0 Å². The highest BCUT2D eigenvalue weighted by molar-refractivity contribution is 5.92. The maximum Gasteiger partial charge on any atom is 0.341 e. The van der Waals surface area contributed by atoms with Crippen LogP contribution in [0.25, 0.3) is 0 Å². The van der Waals surface area contributed by atoms with E-state index in [1.54, 1.807) is 12.1 Å². The molecule has 0 fully saturated rings. The fraction of sp³-hybridized carbons (Fsp3) is 0.364. The van der Waals surface area contributed by atoms with E-state index < -0.39 is 0 Å². The van der Waals surface area contributed by atoms with E-state index in [0.717, 1.165) is 12.7 Å². The van der Waals surface area contributed by atoms with Crippen molar-refractivity contribution in [2.45, 2.75) is 6.92 Å². The summed E-state index contributed by atoms with van der Waals surface area (Å²) in [6.45, 7) is 1.88. The number of methoxy groups -OCH3 is 2. The zero-order valence-electron chi connectivity index (χ0n) is 9.40. The molecule has 15 heavy (non-hydrogen) atoms. The van der Waals surface area contributed by atoms with Crippen LogP contribution in [0.5, 0.6) is 5.75 Å². The molecule has 1 N–H and O–H groups in total. The molecular weight excluding hydrogens is 196 g/mol. The Morgan fingerprint density at radius 1 is 1.27 bits per heavy atom. The Hall–Kier alpha value is -1.55. The predicted octanol–water partition coefficient (Wildman–Crippen LogP) is 1.40. The van der Waals surface area contributed by atoms with E-state index in [0.29, 0.717) is 11.3 Å². The molecule has 1 aromatic rings. The van der Waals surface area contributed by atoms with Crippen molar-refractivity contribution in [2.24, 2.45) is 0 Å². The summed E-state index contributed by atoms with van der Waals surface area (Å²) >= 11 is 0. The summed E-state index contributed by atoms with van der Waals surface area (Å²) in [5.41, 5.74) is 1.38. The number of rotatable bonds is 2. The number of ether oxygens (including phenoxy) is 2. The number of benzene rings is 1. The average Bonchev–Trinajstić information content (AvgIpc) is 2.30. The largest absolute Gasteiger partial charge is 0.496 e. The molecule has 0 saturated heterocycles. The molecule has 0 heterocycles. The first-order chi connectivity index (χ1) is 7.20. The van der Waals surface area contributed by atoms with Crippen molar-refractivity contribution in [2.75, 3.05) is 21.3 Å². The molecule has 0 amide bonds. The monoisotopic (exact) mass is 212 g/mol. The quantitative estimate of drug-likeness (QED) is 0.753. The van der Waals surface area contributed by atoms with E-state index >= 15 is 0 Å². The number of aryl methyl sites for hydroxylation is 1. The van der Waals surface area contributed by atoms with Gasteiger partial charge in [-0.05, 0) is 18.6 Å². The summed E-state index contributed by atoms with van der Waals surface area (Å²) in [5, 5.41) is 7.00. The van der Waals surface area contributed by atoms with Crippen LogP contribution in [-0.2, 0) is 4.74 Å². The fourth-order valence-electron chi connectivity index (χ4n) is 1.19. The number of aliphatic hydroxyl groups is 1. The van der Waals surface area contributed by atoms with Crippen LogP contribution in [-0.4, -0.2) is 32.4 Å². The Morgan fingerprint density at radius 3 is 2.33 bits per heavy atom. The van der Waals surface area contributed by atoms with E-state index in [1.807, 2.05) is 13.0 Å². The highest BCUT2D eigenvalue weighted by Gasteiger charge is 2.13. The van der Waals surface area contributed by atoms with E-state index in [4.69, 9.17) is 9.84 Å². The van der Waals surface area contributed by atoms with Crippen LogP contribution in [0.4, 0.5) is 0 Å². The van der Waals surface area contributed by atoms with Gasteiger partial charge in [0.25, 0.3) is 0 Å². The molecule has 0 atom stereocenters. The summed E-state index contributed by atoms with van der Waals surface area (Å²) in [5.74, 6) is 0.204. The topological polar surface area (TPSA) is 55.8 Å². The maximum absolute atomic E-state index is 11.2. The van der Waals surface area contributed by atoms with Crippen molar-refractivity contribution in [1.29, 1.82) is 0 Å². The van der Waals surface area contributed by atoms with E-state index in [1.165, 1.54) is 14.2 Å². The molecule has 84 valence electrons. The third kappa shape index (κ3) is 3.25. The molecular formula is C11H16O4. The van der Waals surface area contributed by atoms with Gasteiger partial charge in [-0.25, -0.2) is 4.79 Å². The van der Waals surface area contributed by atoms with Crippen LogP contribution in [0.15, 0.2) is 18.2 Å². The van der Waals surface area contributed by atoms with E-state index in [9.17, 15) is 4.79 Å². The fourth-order valence-corrected chi connectivity index (χ4v) is 1.19. The van der Waals surface area contributed by atoms with Gasteiger partial charge >= 0.3 is 5.97 Å². The van der Waals surface area contributed by atoms with Gasteiger partial charge in [0.1, 0.15) is 11.3 Å². The summed E-state index contributed by atoms with van der Waals surface area (Å²) < 4.78 is 9.71. The molecule has 0 bridgehead atoms. The SMILES string of the molecule is CO.COC(=O)c1cccc(C)c1OC. The molecule has 0 spiro atoms. The molecule has 4 heteroatoms. The zero-order valence-corrected chi connectivity index (χ0v) is 9.40. The molecule has 0 aromatic heterocycles. The zero-order chi connectivity index (χ0) is 11.8. The maximum atomic E-state index is 11.2. The molecule has 0 aliphatic carbocycles. The van der Waals surface area contributed by atoms with Gasteiger partial charge in [0.05, 0.1) is 14.2 Å². The van der Waals surface area contributed by atoms with Gasteiger partial charge in [-0.1, -0.05) is 12.1 Å². The third-order valence-electron chi connectivity index (χ3n) is 1.82. The smallest absolute Gasteiger partial charge is 0.341 e. The van der Waals surface area contributed by atoms with Crippen molar-refractivity contribution in [3.8, 4) is 5.75 Å². The number of esters is 1. The molecule has 4 nitrogen and oxygen atoms in total. The Morgan fingerprint density at radius 2 is 1.87 bits per heavy atom. The summed E-state index contributed by atoms with van der Waals surface area (Å²) in [6, 6.07) is 5.35. The van der Waals surface area contributed by atoms with Gasteiger partial charge in [0.2, 0.25) is 0 Å². The Bertz CT molecular complexity index is 320. The lowest BCUT2D eigenvalue weighted by Gasteiger charge is -2.08. The number of hydrogen-bond acceptors (Lipinski definition) is 4. The molecule has 0 unspecified atom stereocenters. The summed E-state index contributed by atoms with van der Waals surface area (Å²) in [4.78, 5) is 11.2. The van der Waals surface area contributed by atoms with Crippen molar-refractivity contribution in [1.82, 2.24) is 0 Å². The molecule has 1 rings (SSSR count). The van der Waals surface area contributed by atoms with Crippen molar-refractivity contribution in [3.05, 3.63) is 29.3 Å². The Labute approximate surface area is 89.4 Å². The first-order valence-corrected chi connectivity index (χ1v) is 4.37. The third-order valence-corrected chi connectivity index (χ3v) is 1.82. The standard InChI is InChI=1S/C10H12O3.CH4O/c1-7-5-4-6-8(9(7)12-2)10(11)13-3;1-2/h4-6H,1-3H3;2H,1H3. The number of para-hydroxylation sites is 1. The highest BCUT2D eigenvalue weighted by atomic mass is 16.5. The van der Waals surface area contributed by atoms with Crippen molar-refractivity contribution < 1.29 is 19.4 Å². The van der Waals surface area contributed by atoms with Gasteiger partial charge in [-0.2, -0.15) is 0 Å². The minimum absolute atomic E-state index is 0.374. The lowest BCUT2D eigenvalue weighted by Crippen LogP contribution is -2.04. The van der Waals surface area contributed by atoms with Crippen LogP contribution in [0.1, 0.15) is 15.9 Å². The van der Waals surface area contributed by atoms with Crippen LogP contribution in [0.3, 0.4) is 0 Å². The van der Waals surface area contributed by atoms with Gasteiger partial charge < -0.3 is 14.6 Å². The number of aliphatic hydroxyl groups excluding tert-OH is 1. The molecule has 0 radical (unpaired) electrons. The second-order valence-corrected chi connectivity index (χ2v) is 2.65. The van der Waals surface area contributed by atoms with E-state index in [-0.39, 0.29) is 5.97 Å². The minimum atomic E-state index is -0.374. The Balaban J connectivity index is 0.000000921. The number of hydrogen-bond donors (Lipinski definition) is 1. The predicted molar refractivity (Wildman–Crippen MR) is 57.2 cm³/mol. The molecule has 0 aliphatic rings. The van der Waals surface area contributed by atoms with Crippen molar-refractivity contribution >= 4 is 5.97 Å². The first-order valence-electron chi connectivity index (χ1n) is 4.37. The first kappa shape index (κ1) is 13.4. The average molecular weight is 212 g/mol. The number of carbonyl (C=O) groups is 1. The van der Waals surface area contributed by atoms with Gasteiger partial charge in [-0.3, -0.25) is 0 Å². The van der Waals surface area contributed by atoms with Crippen LogP contribution in [0.2, 0.25) is 0 Å². The van der Waals surface area contributed by atoms with Crippen LogP contribution < -0.4 is 4.74 Å². The van der Waals surface area contributed by atoms with Crippen molar-refractivity contribution in [3.63, 3.8) is 0 Å². The molecule has 0 aliphatic heterocycles. The normalized spacial score (nSPS) is 8.60. The second kappa shape index (κ2) is 6.84. The highest BCUT2D eigenvalue weighted by Crippen LogP contribution is 2.23. The van der Waals surface area contributed by atoms with E-state index in [2.05, 4.69) is 4.74 Å². The lowest BCUT2D eigenvalue weighted by atomic mass is 10.1. The van der Waals surface area contributed by atoms with Gasteiger partial charge in [0, 0.05) is 7.11 Å². The molecule has 0 saturated carbocycles. The van der Waals surface area contributed by atoms with Gasteiger partial charge in [-0.15, -0.1) is 0 Å². The Kier molecular flexibility index (Phi) is 6.13. The van der Waals surface area contributed by atoms with Crippen LogP contribution >= 0.6 is 0 Å². The second-order valence-electron chi connectivity index (χ2n) is 2.65. The number of carbonyl (C=O) groups excluding carboxylic acids is 1.